The van der Waals surface area contributed by atoms with E-state index in [9.17, 15) is 18.0 Å². The predicted molar refractivity (Wildman–Crippen MR) is 55.2 cm³/mol. The first-order valence-corrected chi connectivity index (χ1v) is 4.57. The summed E-state index contributed by atoms with van der Waals surface area (Å²) in [5.74, 6) is -1.18. The zero-order chi connectivity index (χ0) is 12.3. The van der Waals surface area contributed by atoms with Crippen LogP contribution in [0.15, 0.2) is 18.2 Å². The molecule has 7 heteroatoms. The van der Waals surface area contributed by atoms with Crippen molar-refractivity contribution in [3.63, 3.8) is 0 Å². The van der Waals surface area contributed by atoms with E-state index < -0.39 is 18.5 Å². The number of anilines is 2. The van der Waals surface area contributed by atoms with Crippen LogP contribution in [-0.2, 0) is 4.79 Å². The second-order valence-corrected chi connectivity index (χ2v) is 3.49. The molecule has 1 aromatic carbocycles. The molecule has 0 unspecified atom stereocenters. The first-order valence-electron chi connectivity index (χ1n) is 4.19. The van der Waals surface area contributed by atoms with Gasteiger partial charge in [0.1, 0.15) is 6.42 Å². The van der Waals surface area contributed by atoms with E-state index >= 15 is 0 Å². The van der Waals surface area contributed by atoms with Crippen LogP contribution < -0.4 is 11.1 Å². The van der Waals surface area contributed by atoms with E-state index in [1.165, 1.54) is 18.2 Å². The number of nitrogens with one attached hydrogen (secondary N) is 1. The van der Waals surface area contributed by atoms with E-state index in [-0.39, 0.29) is 10.7 Å². The molecule has 0 radical (unpaired) electrons. The quantitative estimate of drug-likeness (QED) is 0.795. The number of hydrogen-bond donors (Lipinski definition) is 2. The molecular weight excluding hydrogens is 245 g/mol. The van der Waals surface area contributed by atoms with Gasteiger partial charge in [0, 0.05) is 5.69 Å². The molecule has 3 N–H and O–H groups in total. The fraction of sp³-hybridized carbons (Fsp3) is 0.222. The molecule has 0 fully saturated rings. The van der Waals surface area contributed by atoms with Crippen molar-refractivity contribution in [3.05, 3.63) is 23.2 Å². The van der Waals surface area contributed by atoms with Crippen LogP contribution in [0.1, 0.15) is 6.42 Å². The summed E-state index contributed by atoms with van der Waals surface area (Å²) >= 11 is 5.66. The highest BCUT2D eigenvalue weighted by molar-refractivity contribution is 6.33. The number of rotatable bonds is 2. The molecule has 0 saturated heterocycles. The van der Waals surface area contributed by atoms with Crippen LogP contribution in [-0.4, -0.2) is 12.1 Å². The highest BCUT2D eigenvalue weighted by Crippen LogP contribution is 2.26. The Hall–Kier alpha value is -1.43. The Balaban J connectivity index is 2.73. The number of carbonyl (C=O) groups excluding carboxylic acids is 1. The lowest BCUT2D eigenvalue weighted by molar-refractivity contribution is -0.150. The molecule has 1 rings (SSSR count). The number of alkyl halides is 3. The predicted octanol–water partition coefficient (Wildman–Crippen LogP) is 2.81. The van der Waals surface area contributed by atoms with Crippen molar-refractivity contribution in [1.82, 2.24) is 0 Å². The van der Waals surface area contributed by atoms with Gasteiger partial charge in [-0.1, -0.05) is 11.6 Å². The van der Waals surface area contributed by atoms with Gasteiger partial charge < -0.3 is 11.1 Å². The molecule has 1 amide bonds. The van der Waals surface area contributed by atoms with Crippen LogP contribution in [0.25, 0.3) is 0 Å². The molecule has 88 valence electrons. The molecule has 0 atom stereocenters. The van der Waals surface area contributed by atoms with E-state index in [0.717, 1.165) is 0 Å². The maximum atomic E-state index is 11.9. The summed E-state index contributed by atoms with van der Waals surface area (Å²) in [5.41, 5.74) is 5.76. The fourth-order valence-corrected chi connectivity index (χ4v) is 1.18. The Morgan fingerprint density at radius 1 is 1.44 bits per heavy atom. The van der Waals surface area contributed by atoms with Crippen molar-refractivity contribution < 1.29 is 18.0 Å². The molecule has 0 aliphatic rings. The molecule has 0 aromatic heterocycles. The maximum Gasteiger partial charge on any atom is 0.397 e. The second kappa shape index (κ2) is 4.61. The highest BCUT2D eigenvalue weighted by Gasteiger charge is 2.31. The summed E-state index contributed by atoms with van der Waals surface area (Å²) in [6, 6.07) is 4.15. The lowest BCUT2D eigenvalue weighted by Crippen LogP contribution is -2.21. The summed E-state index contributed by atoms with van der Waals surface area (Å²) in [4.78, 5) is 11.0. The number of nitrogens with two attached hydrogens (primary N) is 1. The lowest BCUT2D eigenvalue weighted by Gasteiger charge is -2.09. The van der Waals surface area contributed by atoms with Crippen molar-refractivity contribution in [1.29, 1.82) is 0 Å². The van der Waals surface area contributed by atoms with E-state index in [1.54, 1.807) is 0 Å². The third kappa shape index (κ3) is 3.98. The van der Waals surface area contributed by atoms with Gasteiger partial charge in [-0.15, -0.1) is 0 Å². The van der Waals surface area contributed by atoms with Crippen LogP contribution in [0.4, 0.5) is 24.5 Å². The Labute approximate surface area is 94.4 Å². The van der Waals surface area contributed by atoms with E-state index in [2.05, 4.69) is 0 Å². The zero-order valence-corrected chi connectivity index (χ0v) is 8.69. The fourth-order valence-electron chi connectivity index (χ4n) is 1.02. The minimum absolute atomic E-state index is 0.0657. The summed E-state index contributed by atoms with van der Waals surface area (Å²) < 4.78 is 35.6. The standard InChI is InChI=1S/C9H8ClF3N2O/c10-6-2-1-5(14)3-7(6)15-8(16)4-9(11,12)13/h1-3H,4,14H2,(H,15,16). The molecular formula is C9H8ClF3N2O. The smallest absolute Gasteiger partial charge is 0.397 e. The second-order valence-electron chi connectivity index (χ2n) is 3.08. The Morgan fingerprint density at radius 3 is 2.62 bits per heavy atom. The van der Waals surface area contributed by atoms with Gasteiger partial charge in [-0.2, -0.15) is 13.2 Å². The van der Waals surface area contributed by atoms with Gasteiger partial charge in [0.05, 0.1) is 10.7 Å². The number of benzene rings is 1. The van der Waals surface area contributed by atoms with Crippen LogP contribution in [0.5, 0.6) is 0 Å². The molecule has 3 nitrogen and oxygen atoms in total. The minimum Gasteiger partial charge on any atom is -0.399 e. The third-order valence-electron chi connectivity index (χ3n) is 1.63. The molecule has 0 aliphatic carbocycles. The van der Waals surface area contributed by atoms with Crippen molar-refractivity contribution in [3.8, 4) is 0 Å². The first-order chi connectivity index (χ1) is 7.28. The normalized spacial score (nSPS) is 11.2. The average Bonchev–Trinajstić information content (AvgIpc) is 2.08. The van der Waals surface area contributed by atoms with Gasteiger partial charge in [-0.05, 0) is 18.2 Å². The van der Waals surface area contributed by atoms with Gasteiger partial charge in [-0.3, -0.25) is 4.79 Å². The molecule has 0 spiro atoms. The number of nitrogen functional groups attached to an aromatic ring is 1. The monoisotopic (exact) mass is 252 g/mol. The lowest BCUT2D eigenvalue weighted by atomic mass is 10.2. The molecule has 0 aliphatic heterocycles. The number of hydrogen-bond acceptors (Lipinski definition) is 2. The van der Waals surface area contributed by atoms with Gasteiger partial charge in [0.2, 0.25) is 5.91 Å². The van der Waals surface area contributed by atoms with E-state index in [0.29, 0.717) is 5.69 Å². The van der Waals surface area contributed by atoms with Crippen molar-refractivity contribution in [2.75, 3.05) is 11.1 Å². The van der Waals surface area contributed by atoms with Crippen molar-refractivity contribution in [2.24, 2.45) is 0 Å². The van der Waals surface area contributed by atoms with E-state index in [4.69, 9.17) is 17.3 Å². The van der Waals surface area contributed by atoms with Gasteiger partial charge in [0.25, 0.3) is 0 Å². The van der Waals surface area contributed by atoms with Crippen LogP contribution in [0.3, 0.4) is 0 Å². The van der Waals surface area contributed by atoms with Crippen molar-refractivity contribution in [2.45, 2.75) is 12.6 Å². The first kappa shape index (κ1) is 12.6. The maximum absolute atomic E-state index is 11.9. The highest BCUT2D eigenvalue weighted by atomic mass is 35.5. The summed E-state index contributed by atoms with van der Waals surface area (Å²) in [6.45, 7) is 0. The largest absolute Gasteiger partial charge is 0.399 e. The Morgan fingerprint density at radius 2 is 2.06 bits per heavy atom. The SMILES string of the molecule is Nc1ccc(Cl)c(NC(=O)CC(F)(F)F)c1. The number of carbonyl (C=O) groups is 1. The number of halogens is 4. The van der Waals surface area contributed by atoms with Gasteiger partial charge in [-0.25, -0.2) is 0 Å². The van der Waals surface area contributed by atoms with Crippen LogP contribution >= 0.6 is 11.6 Å². The minimum atomic E-state index is -4.54. The number of amides is 1. The summed E-state index contributed by atoms with van der Waals surface area (Å²) in [6.07, 6.45) is -6.10. The molecule has 0 bridgehead atoms. The van der Waals surface area contributed by atoms with Gasteiger partial charge >= 0.3 is 6.18 Å². The molecule has 0 saturated carbocycles. The third-order valence-corrected chi connectivity index (χ3v) is 1.96. The zero-order valence-electron chi connectivity index (χ0n) is 7.94. The summed E-state index contributed by atoms with van der Waals surface area (Å²) in [7, 11) is 0. The topological polar surface area (TPSA) is 55.1 Å². The van der Waals surface area contributed by atoms with Gasteiger partial charge in [0.15, 0.2) is 0 Å². The molecule has 16 heavy (non-hydrogen) atoms. The van der Waals surface area contributed by atoms with Crippen molar-refractivity contribution >= 4 is 28.9 Å². The molecule has 0 heterocycles. The average molecular weight is 253 g/mol. The van der Waals surface area contributed by atoms with Crippen LogP contribution in [0.2, 0.25) is 5.02 Å². The Bertz CT molecular complexity index is 406. The summed E-state index contributed by atoms with van der Waals surface area (Å²) in [5, 5.41) is 2.17. The van der Waals surface area contributed by atoms with E-state index in [1.807, 2.05) is 5.32 Å². The molecule has 1 aromatic rings. The van der Waals surface area contributed by atoms with Crippen LogP contribution in [0, 0.1) is 0 Å². The Kier molecular flexibility index (Phi) is 3.64.